The summed E-state index contributed by atoms with van der Waals surface area (Å²) in [5.74, 6) is 2.94. The molecule has 0 heterocycles. The van der Waals surface area contributed by atoms with Crippen molar-refractivity contribution < 1.29 is 15.0 Å². The number of aliphatic carboxylic acids is 1. The molecule has 4 aliphatic carbocycles. The van der Waals surface area contributed by atoms with Crippen molar-refractivity contribution in [2.45, 2.75) is 98.0 Å². The normalized spacial score (nSPS) is 46.1. The summed E-state index contributed by atoms with van der Waals surface area (Å²) in [7, 11) is 0. The molecule has 3 heteroatoms. The van der Waals surface area contributed by atoms with Crippen LogP contribution >= 0.6 is 0 Å². The predicted molar refractivity (Wildman–Crippen MR) is 116 cm³/mol. The third-order valence-electron chi connectivity index (χ3n) is 10.3. The number of fused-ring (bicyclic) bond motifs is 5. The second-order valence-corrected chi connectivity index (χ2v) is 11.7. The van der Waals surface area contributed by atoms with Crippen LogP contribution in [-0.4, -0.2) is 22.3 Å². The molecular formula is C26H42O3. The van der Waals surface area contributed by atoms with Gasteiger partial charge in [0.25, 0.3) is 0 Å². The van der Waals surface area contributed by atoms with E-state index in [9.17, 15) is 15.0 Å². The number of carbonyl (C=O) groups is 1. The summed E-state index contributed by atoms with van der Waals surface area (Å²) >= 11 is 0. The maximum atomic E-state index is 11.2. The van der Waals surface area contributed by atoms with Gasteiger partial charge in [-0.2, -0.15) is 0 Å². The zero-order valence-corrected chi connectivity index (χ0v) is 19.0. The maximum Gasteiger partial charge on any atom is 0.306 e. The fourth-order valence-corrected chi connectivity index (χ4v) is 8.45. The van der Waals surface area contributed by atoms with Gasteiger partial charge in [-0.1, -0.05) is 39.3 Å². The van der Waals surface area contributed by atoms with E-state index in [4.69, 9.17) is 0 Å². The van der Waals surface area contributed by atoms with Crippen molar-refractivity contribution in [3.63, 3.8) is 0 Å². The van der Waals surface area contributed by atoms with Crippen molar-refractivity contribution in [1.29, 1.82) is 0 Å². The summed E-state index contributed by atoms with van der Waals surface area (Å²) in [6, 6.07) is 0. The van der Waals surface area contributed by atoms with Crippen molar-refractivity contribution in [3.8, 4) is 0 Å². The number of hydrogen-bond acceptors (Lipinski definition) is 2. The van der Waals surface area contributed by atoms with Gasteiger partial charge in [-0.15, -0.1) is 0 Å². The minimum atomic E-state index is -0.649. The molecule has 29 heavy (non-hydrogen) atoms. The Kier molecular flexibility index (Phi) is 5.68. The highest BCUT2D eigenvalue weighted by molar-refractivity contribution is 5.69. The molecule has 0 amide bonds. The third-order valence-corrected chi connectivity index (χ3v) is 10.3. The summed E-state index contributed by atoms with van der Waals surface area (Å²) < 4.78 is 0. The Morgan fingerprint density at radius 2 is 1.86 bits per heavy atom. The number of aliphatic hydroxyl groups is 1. The number of rotatable bonds is 5. The average molecular weight is 403 g/mol. The Morgan fingerprint density at radius 1 is 1.10 bits per heavy atom. The van der Waals surface area contributed by atoms with Gasteiger partial charge in [-0.25, -0.2) is 0 Å². The first kappa shape index (κ1) is 21.4. The Hall–Kier alpha value is -0.830. The van der Waals surface area contributed by atoms with Crippen LogP contribution in [0.1, 0.15) is 91.9 Å². The lowest BCUT2D eigenvalue weighted by molar-refractivity contribution is -0.141. The van der Waals surface area contributed by atoms with E-state index in [1.54, 1.807) is 5.57 Å². The molecule has 0 bridgehead atoms. The van der Waals surface area contributed by atoms with Crippen molar-refractivity contribution in [2.75, 3.05) is 0 Å². The molecule has 3 fully saturated rings. The fourth-order valence-electron chi connectivity index (χ4n) is 8.45. The fraction of sp³-hybridized carbons (Fsp3) is 0.885. The topological polar surface area (TPSA) is 57.5 Å². The molecule has 0 aromatic carbocycles. The molecule has 4 rings (SSSR count). The smallest absolute Gasteiger partial charge is 0.306 e. The van der Waals surface area contributed by atoms with Crippen LogP contribution in [0.3, 0.4) is 0 Å². The molecule has 3 nitrogen and oxygen atoms in total. The Morgan fingerprint density at radius 3 is 2.59 bits per heavy atom. The van der Waals surface area contributed by atoms with Crippen molar-refractivity contribution in [1.82, 2.24) is 0 Å². The van der Waals surface area contributed by atoms with Gasteiger partial charge in [-0.05, 0) is 105 Å². The van der Waals surface area contributed by atoms with E-state index in [2.05, 4.69) is 26.8 Å². The van der Waals surface area contributed by atoms with E-state index in [1.165, 1.54) is 32.1 Å². The van der Waals surface area contributed by atoms with Crippen molar-refractivity contribution in [3.05, 3.63) is 11.6 Å². The monoisotopic (exact) mass is 402 g/mol. The molecule has 0 saturated heterocycles. The largest absolute Gasteiger partial charge is 0.481 e. The zero-order valence-electron chi connectivity index (χ0n) is 19.0. The third kappa shape index (κ3) is 3.50. The Bertz CT molecular complexity index is 669. The van der Waals surface area contributed by atoms with Gasteiger partial charge in [0, 0.05) is 0 Å². The summed E-state index contributed by atoms with van der Waals surface area (Å²) in [5, 5.41) is 19.4. The summed E-state index contributed by atoms with van der Waals surface area (Å²) in [6.45, 7) is 9.33. The van der Waals surface area contributed by atoms with E-state index in [1.807, 2.05) is 6.92 Å². The van der Waals surface area contributed by atoms with Crippen LogP contribution in [0.15, 0.2) is 11.6 Å². The minimum Gasteiger partial charge on any atom is -0.481 e. The van der Waals surface area contributed by atoms with E-state index in [-0.39, 0.29) is 12.0 Å². The molecule has 0 aromatic rings. The van der Waals surface area contributed by atoms with Crippen LogP contribution < -0.4 is 0 Å². The SMILES string of the molecule is C[C@H](CC[C@@H](C)[C@H]1CC[C@H]2[C@@H]3CC=C4C[C@@H](O)CC[C@]4(C)[C@H]3CC[C@]12C)C(=O)O. The molecule has 0 aliphatic heterocycles. The second-order valence-electron chi connectivity index (χ2n) is 11.7. The van der Waals surface area contributed by atoms with Crippen LogP contribution in [0.2, 0.25) is 0 Å². The van der Waals surface area contributed by atoms with Crippen LogP contribution in [0, 0.1) is 46.3 Å². The lowest BCUT2D eigenvalue weighted by Crippen LogP contribution is -2.50. The first-order valence-electron chi connectivity index (χ1n) is 12.3. The van der Waals surface area contributed by atoms with Crippen LogP contribution in [0.25, 0.3) is 0 Å². The summed E-state index contributed by atoms with van der Waals surface area (Å²) in [5.41, 5.74) is 2.32. The van der Waals surface area contributed by atoms with Gasteiger partial charge in [0.05, 0.1) is 12.0 Å². The molecule has 9 atom stereocenters. The van der Waals surface area contributed by atoms with Gasteiger partial charge in [-0.3, -0.25) is 4.79 Å². The summed E-state index contributed by atoms with van der Waals surface area (Å²) in [4.78, 5) is 11.2. The average Bonchev–Trinajstić information content (AvgIpc) is 3.03. The lowest BCUT2D eigenvalue weighted by Gasteiger charge is -2.58. The Labute approximate surface area is 177 Å². The molecule has 0 aromatic heterocycles. The standard InChI is InChI=1S/C26H42O3/c1-16(5-6-17(2)24(28)29)21-9-10-22-20-8-7-18-15-19(27)11-13-25(18,3)23(20)12-14-26(21,22)4/h7,16-17,19-23,27H,5-6,8-15H2,1-4H3,(H,28,29)/t16-,17-,19+,20+,21-,22+,23+,25+,26-/m1/s1. The number of carboxylic acids is 1. The lowest BCUT2D eigenvalue weighted by atomic mass is 9.47. The first-order chi connectivity index (χ1) is 13.7. The number of carboxylic acid groups (broad SMARTS) is 1. The van der Waals surface area contributed by atoms with Crippen LogP contribution in [0.4, 0.5) is 0 Å². The summed E-state index contributed by atoms with van der Waals surface area (Å²) in [6.07, 6.45) is 13.9. The van der Waals surface area contributed by atoms with Crippen molar-refractivity contribution >= 4 is 5.97 Å². The first-order valence-corrected chi connectivity index (χ1v) is 12.3. The Balaban J connectivity index is 1.49. The van der Waals surface area contributed by atoms with E-state index < -0.39 is 5.97 Å². The number of aliphatic hydroxyl groups excluding tert-OH is 1. The van der Waals surface area contributed by atoms with Crippen molar-refractivity contribution in [2.24, 2.45) is 46.3 Å². The van der Waals surface area contributed by atoms with Crippen LogP contribution in [0.5, 0.6) is 0 Å². The number of hydrogen-bond donors (Lipinski definition) is 2. The maximum absolute atomic E-state index is 11.2. The number of allylic oxidation sites excluding steroid dienone is 1. The molecule has 0 unspecified atom stereocenters. The molecule has 0 radical (unpaired) electrons. The molecule has 3 saturated carbocycles. The van der Waals surface area contributed by atoms with Gasteiger partial charge >= 0.3 is 5.97 Å². The molecule has 4 aliphatic rings. The predicted octanol–water partition coefficient (Wildman–Crippen LogP) is 6.06. The quantitative estimate of drug-likeness (QED) is 0.549. The minimum absolute atomic E-state index is 0.121. The van der Waals surface area contributed by atoms with E-state index >= 15 is 0 Å². The van der Waals surface area contributed by atoms with Gasteiger partial charge in [0.2, 0.25) is 0 Å². The molecular weight excluding hydrogens is 360 g/mol. The molecule has 164 valence electrons. The highest BCUT2D eigenvalue weighted by atomic mass is 16.4. The van der Waals surface area contributed by atoms with Gasteiger partial charge in [0.15, 0.2) is 0 Å². The highest BCUT2D eigenvalue weighted by Crippen LogP contribution is 2.67. The molecule has 0 spiro atoms. The van der Waals surface area contributed by atoms with Gasteiger partial charge < -0.3 is 10.2 Å². The zero-order chi connectivity index (χ0) is 21.0. The second kappa shape index (κ2) is 7.70. The highest BCUT2D eigenvalue weighted by Gasteiger charge is 2.59. The van der Waals surface area contributed by atoms with Gasteiger partial charge in [0.1, 0.15) is 0 Å². The van der Waals surface area contributed by atoms with E-state index in [0.717, 1.165) is 55.8 Å². The van der Waals surface area contributed by atoms with Crippen LogP contribution in [-0.2, 0) is 4.79 Å². The molecule has 2 N–H and O–H groups in total. The van der Waals surface area contributed by atoms with E-state index in [0.29, 0.717) is 16.7 Å².